The van der Waals surface area contributed by atoms with Crippen molar-refractivity contribution in [1.29, 1.82) is 0 Å². The molecule has 19 heavy (non-hydrogen) atoms. The second kappa shape index (κ2) is 4.68. The van der Waals surface area contributed by atoms with Crippen molar-refractivity contribution in [1.82, 2.24) is 20.2 Å². The lowest BCUT2D eigenvalue weighted by Gasteiger charge is -2.12. The predicted molar refractivity (Wildman–Crippen MR) is 71.7 cm³/mol. The molecule has 0 radical (unpaired) electrons. The topological polar surface area (TPSA) is 110 Å². The number of amides is 1. The first kappa shape index (κ1) is 13.0. The smallest absolute Gasteiger partial charge is 0.295 e. The lowest BCUT2D eigenvalue weighted by atomic mass is 9.96. The lowest BCUT2D eigenvalue weighted by molar-refractivity contribution is 0.101. The SMILES string of the molecule is CC(C)(C)c1nc(C(=O)Nc2ccc(N)nc2)n[nH]1. The Hall–Kier alpha value is -2.44. The highest BCUT2D eigenvalue weighted by molar-refractivity contribution is 6.01. The summed E-state index contributed by atoms with van der Waals surface area (Å²) in [5.41, 5.74) is 5.82. The number of hydrogen-bond donors (Lipinski definition) is 3. The number of nitrogen functional groups attached to an aromatic ring is 1. The first-order valence-corrected chi connectivity index (χ1v) is 5.82. The first-order valence-electron chi connectivity index (χ1n) is 5.82. The number of nitrogens with zero attached hydrogens (tertiary/aromatic N) is 3. The number of pyridine rings is 1. The second-order valence-corrected chi connectivity index (χ2v) is 5.18. The van der Waals surface area contributed by atoms with Crippen molar-refractivity contribution in [2.45, 2.75) is 26.2 Å². The molecule has 2 heterocycles. The van der Waals surface area contributed by atoms with Crippen LogP contribution >= 0.6 is 0 Å². The molecule has 7 heteroatoms. The number of nitrogens with one attached hydrogen (secondary N) is 2. The van der Waals surface area contributed by atoms with Gasteiger partial charge in [0.25, 0.3) is 5.91 Å². The molecule has 1 amide bonds. The van der Waals surface area contributed by atoms with Crippen LogP contribution in [0.1, 0.15) is 37.2 Å². The van der Waals surface area contributed by atoms with E-state index in [0.717, 1.165) is 0 Å². The van der Waals surface area contributed by atoms with E-state index in [0.29, 0.717) is 17.3 Å². The van der Waals surface area contributed by atoms with E-state index in [1.54, 1.807) is 12.1 Å². The van der Waals surface area contributed by atoms with E-state index in [9.17, 15) is 4.79 Å². The van der Waals surface area contributed by atoms with Crippen LogP contribution in [0, 0.1) is 0 Å². The fourth-order valence-electron chi connectivity index (χ4n) is 1.37. The van der Waals surface area contributed by atoms with Gasteiger partial charge in [0.2, 0.25) is 5.82 Å². The number of aromatic amines is 1. The van der Waals surface area contributed by atoms with Crippen molar-refractivity contribution >= 4 is 17.4 Å². The zero-order chi connectivity index (χ0) is 14.0. The minimum absolute atomic E-state index is 0.0988. The van der Waals surface area contributed by atoms with Crippen LogP contribution in [0.3, 0.4) is 0 Å². The monoisotopic (exact) mass is 260 g/mol. The normalized spacial score (nSPS) is 11.3. The van der Waals surface area contributed by atoms with Crippen LogP contribution in [0.15, 0.2) is 18.3 Å². The number of carbonyl (C=O) groups is 1. The zero-order valence-corrected chi connectivity index (χ0v) is 11.1. The molecule has 0 fully saturated rings. The summed E-state index contributed by atoms with van der Waals surface area (Å²) >= 11 is 0. The first-order chi connectivity index (χ1) is 8.86. The number of carbonyl (C=O) groups excluding carboxylic acids is 1. The highest BCUT2D eigenvalue weighted by atomic mass is 16.2. The predicted octanol–water partition coefficient (Wildman–Crippen LogP) is 1.33. The molecule has 100 valence electrons. The maximum absolute atomic E-state index is 11.9. The standard InChI is InChI=1S/C12H16N6O/c1-12(2,3)11-16-9(17-18-11)10(19)15-7-4-5-8(13)14-6-7/h4-6H,1-3H3,(H2,13,14)(H,15,19)(H,16,17,18). The maximum atomic E-state index is 11.9. The van der Waals surface area contributed by atoms with E-state index in [2.05, 4.69) is 25.5 Å². The largest absolute Gasteiger partial charge is 0.384 e. The van der Waals surface area contributed by atoms with E-state index in [1.807, 2.05) is 20.8 Å². The van der Waals surface area contributed by atoms with Crippen LogP contribution in [-0.2, 0) is 5.41 Å². The fraction of sp³-hybridized carbons (Fsp3) is 0.333. The average molecular weight is 260 g/mol. The van der Waals surface area contributed by atoms with Crippen molar-refractivity contribution < 1.29 is 4.79 Å². The molecule has 0 bridgehead atoms. The molecule has 4 N–H and O–H groups in total. The Morgan fingerprint density at radius 1 is 1.37 bits per heavy atom. The molecule has 0 saturated carbocycles. The van der Waals surface area contributed by atoms with Gasteiger partial charge in [-0.3, -0.25) is 9.89 Å². The number of aromatic nitrogens is 4. The summed E-state index contributed by atoms with van der Waals surface area (Å²) in [6.07, 6.45) is 1.48. The van der Waals surface area contributed by atoms with E-state index < -0.39 is 5.91 Å². The van der Waals surface area contributed by atoms with Crippen molar-refractivity contribution in [3.05, 3.63) is 30.0 Å². The summed E-state index contributed by atoms with van der Waals surface area (Å²) in [5, 5.41) is 9.32. The third kappa shape index (κ3) is 3.06. The van der Waals surface area contributed by atoms with E-state index >= 15 is 0 Å². The van der Waals surface area contributed by atoms with E-state index in [4.69, 9.17) is 5.73 Å². The molecular weight excluding hydrogens is 244 g/mol. The Kier molecular flexibility index (Phi) is 3.20. The van der Waals surface area contributed by atoms with Crippen molar-refractivity contribution in [3.8, 4) is 0 Å². The molecule has 0 atom stereocenters. The maximum Gasteiger partial charge on any atom is 0.295 e. The van der Waals surface area contributed by atoms with Crippen LogP contribution in [0.5, 0.6) is 0 Å². The van der Waals surface area contributed by atoms with Gasteiger partial charge in [-0.2, -0.15) is 0 Å². The molecule has 0 unspecified atom stereocenters. The van der Waals surface area contributed by atoms with Crippen LogP contribution < -0.4 is 11.1 Å². The van der Waals surface area contributed by atoms with Gasteiger partial charge < -0.3 is 11.1 Å². The summed E-state index contributed by atoms with van der Waals surface area (Å²) in [4.78, 5) is 20.0. The Balaban J connectivity index is 2.12. The summed E-state index contributed by atoms with van der Waals surface area (Å²) in [5.74, 6) is 0.763. The van der Waals surface area contributed by atoms with Crippen LogP contribution in [-0.4, -0.2) is 26.1 Å². The van der Waals surface area contributed by atoms with Gasteiger partial charge in [-0.15, -0.1) is 5.10 Å². The van der Waals surface area contributed by atoms with Crippen LogP contribution in [0.2, 0.25) is 0 Å². The molecule has 2 aromatic heterocycles. The Morgan fingerprint density at radius 3 is 2.63 bits per heavy atom. The molecule has 0 spiro atoms. The summed E-state index contributed by atoms with van der Waals surface area (Å²) in [6.45, 7) is 5.96. The number of hydrogen-bond acceptors (Lipinski definition) is 5. The lowest BCUT2D eigenvalue weighted by Crippen LogP contribution is -2.16. The van der Waals surface area contributed by atoms with Gasteiger partial charge >= 0.3 is 0 Å². The minimum atomic E-state index is -0.390. The van der Waals surface area contributed by atoms with Crippen molar-refractivity contribution in [2.24, 2.45) is 0 Å². The number of nitrogens with two attached hydrogens (primary N) is 1. The summed E-state index contributed by atoms with van der Waals surface area (Å²) < 4.78 is 0. The minimum Gasteiger partial charge on any atom is -0.384 e. The Bertz CT molecular complexity index is 581. The Labute approximate surface area is 110 Å². The van der Waals surface area contributed by atoms with Gasteiger partial charge in [-0.25, -0.2) is 9.97 Å². The molecule has 0 aliphatic carbocycles. The molecule has 0 aliphatic rings. The number of anilines is 2. The molecule has 2 aromatic rings. The van der Waals surface area contributed by atoms with Crippen LogP contribution in [0.4, 0.5) is 11.5 Å². The van der Waals surface area contributed by atoms with Crippen molar-refractivity contribution in [3.63, 3.8) is 0 Å². The molecule has 0 aliphatic heterocycles. The molecular formula is C12H16N6O. The Morgan fingerprint density at radius 2 is 2.11 bits per heavy atom. The third-order valence-electron chi connectivity index (χ3n) is 2.44. The highest BCUT2D eigenvalue weighted by Crippen LogP contribution is 2.17. The summed E-state index contributed by atoms with van der Waals surface area (Å²) in [6, 6.07) is 3.27. The van der Waals surface area contributed by atoms with E-state index in [1.165, 1.54) is 6.20 Å². The van der Waals surface area contributed by atoms with Gasteiger partial charge in [-0.1, -0.05) is 20.8 Å². The number of rotatable bonds is 2. The van der Waals surface area contributed by atoms with Crippen LogP contribution in [0.25, 0.3) is 0 Å². The van der Waals surface area contributed by atoms with Gasteiger partial charge in [0.1, 0.15) is 11.6 Å². The highest BCUT2D eigenvalue weighted by Gasteiger charge is 2.21. The molecule has 0 aromatic carbocycles. The quantitative estimate of drug-likeness (QED) is 0.754. The second-order valence-electron chi connectivity index (χ2n) is 5.18. The van der Waals surface area contributed by atoms with Gasteiger partial charge in [0.05, 0.1) is 11.9 Å². The van der Waals surface area contributed by atoms with Gasteiger partial charge in [0.15, 0.2) is 0 Å². The summed E-state index contributed by atoms with van der Waals surface area (Å²) in [7, 11) is 0. The van der Waals surface area contributed by atoms with Crippen molar-refractivity contribution in [2.75, 3.05) is 11.1 Å². The molecule has 0 saturated heterocycles. The fourth-order valence-corrected chi connectivity index (χ4v) is 1.37. The molecule has 2 rings (SSSR count). The van der Waals surface area contributed by atoms with Gasteiger partial charge in [0, 0.05) is 5.41 Å². The van der Waals surface area contributed by atoms with E-state index in [-0.39, 0.29) is 11.2 Å². The average Bonchev–Trinajstić information content (AvgIpc) is 2.81. The molecule has 7 nitrogen and oxygen atoms in total. The third-order valence-corrected chi connectivity index (χ3v) is 2.44. The zero-order valence-electron chi connectivity index (χ0n) is 11.1. The number of H-pyrrole nitrogens is 1. The van der Waals surface area contributed by atoms with Gasteiger partial charge in [-0.05, 0) is 12.1 Å².